The van der Waals surface area contributed by atoms with Crippen LogP contribution in [-0.4, -0.2) is 29.1 Å². The van der Waals surface area contributed by atoms with Crippen LogP contribution in [-0.2, 0) is 6.54 Å². The second-order valence-electron chi connectivity index (χ2n) is 5.44. The number of H-pyrrole nitrogens is 1. The van der Waals surface area contributed by atoms with E-state index in [1.165, 1.54) is 5.56 Å². The fourth-order valence-electron chi connectivity index (χ4n) is 2.14. The van der Waals surface area contributed by atoms with Gasteiger partial charge in [-0.15, -0.1) is 0 Å². The number of nitrogens with one attached hydrogen (secondary N) is 3. The molecular formula is C14H22N4. The van der Waals surface area contributed by atoms with Gasteiger partial charge in [0.1, 0.15) is 5.82 Å². The molecule has 0 amide bonds. The van der Waals surface area contributed by atoms with Gasteiger partial charge in [-0.05, 0) is 45.5 Å². The zero-order chi connectivity index (χ0) is 13.2. The van der Waals surface area contributed by atoms with Gasteiger partial charge in [-0.2, -0.15) is 0 Å². The number of aromatic amines is 1. The van der Waals surface area contributed by atoms with Gasteiger partial charge in [-0.25, -0.2) is 4.98 Å². The summed E-state index contributed by atoms with van der Waals surface area (Å²) in [6.07, 6.45) is 0. The van der Waals surface area contributed by atoms with Crippen molar-refractivity contribution in [2.24, 2.45) is 0 Å². The molecule has 0 aliphatic rings. The molecule has 1 aromatic heterocycles. The molecule has 1 aromatic carbocycles. The topological polar surface area (TPSA) is 52.7 Å². The van der Waals surface area contributed by atoms with Crippen LogP contribution >= 0.6 is 0 Å². The highest BCUT2D eigenvalue weighted by molar-refractivity contribution is 5.75. The SMILES string of the molecule is CNCC(C)(C)NCc1ccc2nc(C)[nH]c2c1. The predicted molar refractivity (Wildman–Crippen MR) is 75.7 cm³/mol. The van der Waals surface area contributed by atoms with Crippen molar-refractivity contribution in [3.63, 3.8) is 0 Å². The Labute approximate surface area is 108 Å². The fourth-order valence-corrected chi connectivity index (χ4v) is 2.14. The number of likely N-dealkylation sites (N-methyl/N-ethyl adjacent to an activating group) is 1. The molecule has 3 N–H and O–H groups in total. The van der Waals surface area contributed by atoms with E-state index in [2.05, 4.69) is 52.6 Å². The zero-order valence-electron chi connectivity index (χ0n) is 11.6. The summed E-state index contributed by atoms with van der Waals surface area (Å²) in [5, 5.41) is 6.75. The smallest absolute Gasteiger partial charge is 0.104 e. The molecule has 0 saturated carbocycles. The Morgan fingerprint density at radius 1 is 1.33 bits per heavy atom. The number of benzene rings is 1. The number of aromatic nitrogens is 2. The van der Waals surface area contributed by atoms with Gasteiger partial charge in [-0.1, -0.05) is 6.07 Å². The number of imidazole rings is 1. The Bertz CT molecular complexity index is 528. The summed E-state index contributed by atoms with van der Waals surface area (Å²) < 4.78 is 0. The maximum absolute atomic E-state index is 4.41. The molecule has 18 heavy (non-hydrogen) atoms. The van der Waals surface area contributed by atoms with E-state index in [0.29, 0.717) is 0 Å². The van der Waals surface area contributed by atoms with Gasteiger partial charge in [0.25, 0.3) is 0 Å². The van der Waals surface area contributed by atoms with Crippen molar-refractivity contribution < 1.29 is 0 Å². The summed E-state index contributed by atoms with van der Waals surface area (Å²) in [5.74, 6) is 0.964. The van der Waals surface area contributed by atoms with Crippen molar-refractivity contribution in [2.75, 3.05) is 13.6 Å². The minimum atomic E-state index is 0.0909. The van der Waals surface area contributed by atoms with Crippen molar-refractivity contribution in [1.29, 1.82) is 0 Å². The summed E-state index contributed by atoms with van der Waals surface area (Å²) in [5.41, 5.74) is 3.51. The summed E-state index contributed by atoms with van der Waals surface area (Å²) in [6.45, 7) is 8.18. The van der Waals surface area contributed by atoms with Crippen molar-refractivity contribution in [2.45, 2.75) is 32.9 Å². The van der Waals surface area contributed by atoms with Crippen LogP contribution in [0.5, 0.6) is 0 Å². The third kappa shape index (κ3) is 3.09. The fraction of sp³-hybridized carbons (Fsp3) is 0.500. The van der Waals surface area contributed by atoms with Crippen LogP contribution in [0.15, 0.2) is 18.2 Å². The van der Waals surface area contributed by atoms with E-state index < -0.39 is 0 Å². The van der Waals surface area contributed by atoms with E-state index in [1.54, 1.807) is 0 Å². The van der Waals surface area contributed by atoms with Crippen LogP contribution in [0.3, 0.4) is 0 Å². The highest BCUT2D eigenvalue weighted by Crippen LogP contribution is 2.14. The first-order valence-corrected chi connectivity index (χ1v) is 6.35. The minimum Gasteiger partial charge on any atom is -0.342 e. The average molecular weight is 246 g/mol. The van der Waals surface area contributed by atoms with Crippen LogP contribution in [0, 0.1) is 6.92 Å². The Morgan fingerprint density at radius 2 is 2.11 bits per heavy atom. The lowest BCUT2D eigenvalue weighted by molar-refractivity contribution is 0.374. The first kappa shape index (κ1) is 13.1. The monoisotopic (exact) mass is 246 g/mol. The van der Waals surface area contributed by atoms with E-state index in [-0.39, 0.29) is 5.54 Å². The molecule has 0 saturated heterocycles. The second-order valence-corrected chi connectivity index (χ2v) is 5.44. The standard InChI is InChI=1S/C14H22N4/c1-10-17-12-6-5-11(7-13(12)18-10)8-16-14(2,3)9-15-4/h5-7,15-16H,8-9H2,1-4H3,(H,17,18). The quantitative estimate of drug-likeness (QED) is 0.756. The number of rotatable bonds is 5. The van der Waals surface area contributed by atoms with Crippen LogP contribution in [0.2, 0.25) is 0 Å². The Morgan fingerprint density at radius 3 is 2.83 bits per heavy atom. The third-order valence-electron chi connectivity index (χ3n) is 3.05. The van der Waals surface area contributed by atoms with Gasteiger partial charge >= 0.3 is 0 Å². The molecule has 0 bridgehead atoms. The highest BCUT2D eigenvalue weighted by atomic mass is 15.0. The molecule has 0 aliphatic carbocycles. The molecule has 0 fully saturated rings. The minimum absolute atomic E-state index is 0.0909. The number of fused-ring (bicyclic) bond motifs is 1. The molecule has 0 aliphatic heterocycles. The maximum Gasteiger partial charge on any atom is 0.104 e. The van der Waals surface area contributed by atoms with E-state index in [4.69, 9.17) is 0 Å². The Balaban J connectivity index is 2.07. The summed E-state index contributed by atoms with van der Waals surface area (Å²) in [6, 6.07) is 6.36. The molecular weight excluding hydrogens is 224 g/mol. The van der Waals surface area contributed by atoms with E-state index in [1.807, 2.05) is 14.0 Å². The number of aryl methyl sites for hydroxylation is 1. The lowest BCUT2D eigenvalue weighted by Crippen LogP contribution is -2.46. The largest absolute Gasteiger partial charge is 0.342 e. The Kier molecular flexibility index (Phi) is 3.68. The number of nitrogens with zero attached hydrogens (tertiary/aromatic N) is 1. The molecule has 0 radical (unpaired) electrons. The van der Waals surface area contributed by atoms with E-state index >= 15 is 0 Å². The van der Waals surface area contributed by atoms with E-state index in [9.17, 15) is 0 Å². The van der Waals surface area contributed by atoms with Gasteiger partial charge in [0.15, 0.2) is 0 Å². The van der Waals surface area contributed by atoms with Crippen molar-refractivity contribution in [1.82, 2.24) is 20.6 Å². The predicted octanol–water partition coefficient (Wildman–Crippen LogP) is 1.96. The maximum atomic E-state index is 4.41. The van der Waals surface area contributed by atoms with Gasteiger partial charge in [0.05, 0.1) is 11.0 Å². The van der Waals surface area contributed by atoms with Crippen LogP contribution in [0.1, 0.15) is 25.2 Å². The van der Waals surface area contributed by atoms with Crippen molar-refractivity contribution in [3.8, 4) is 0 Å². The Hall–Kier alpha value is -1.39. The first-order valence-electron chi connectivity index (χ1n) is 6.35. The zero-order valence-corrected chi connectivity index (χ0v) is 11.6. The van der Waals surface area contributed by atoms with Gasteiger partial charge < -0.3 is 15.6 Å². The van der Waals surface area contributed by atoms with Gasteiger partial charge in [0, 0.05) is 18.6 Å². The molecule has 98 valence electrons. The third-order valence-corrected chi connectivity index (χ3v) is 3.05. The van der Waals surface area contributed by atoms with E-state index in [0.717, 1.165) is 29.9 Å². The molecule has 2 aromatic rings. The summed E-state index contributed by atoms with van der Waals surface area (Å²) in [4.78, 5) is 7.68. The van der Waals surface area contributed by atoms with Crippen LogP contribution < -0.4 is 10.6 Å². The number of hydrogen-bond acceptors (Lipinski definition) is 3. The summed E-state index contributed by atoms with van der Waals surface area (Å²) >= 11 is 0. The molecule has 0 unspecified atom stereocenters. The highest BCUT2D eigenvalue weighted by Gasteiger charge is 2.15. The van der Waals surface area contributed by atoms with Crippen molar-refractivity contribution >= 4 is 11.0 Å². The number of hydrogen-bond donors (Lipinski definition) is 3. The van der Waals surface area contributed by atoms with Crippen LogP contribution in [0.25, 0.3) is 11.0 Å². The summed E-state index contributed by atoms with van der Waals surface area (Å²) in [7, 11) is 1.98. The van der Waals surface area contributed by atoms with Gasteiger partial charge in [0.2, 0.25) is 0 Å². The second kappa shape index (κ2) is 5.08. The molecule has 0 spiro atoms. The van der Waals surface area contributed by atoms with Crippen molar-refractivity contribution in [3.05, 3.63) is 29.6 Å². The molecule has 1 heterocycles. The normalized spacial score (nSPS) is 12.2. The molecule has 0 atom stereocenters. The molecule has 4 nitrogen and oxygen atoms in total. The lowest BCUT2D eigenvalue weighted by atomic mass is 10.1. The molecule has 4 heteroatoms. The average Bonchev–Trinajstić information content (AvgIpc) is 2.65. The van der Waals surface area contributed by atoms with Gasteiger partial charge in [-0.3, -0.25) is 0 Å². The first-order chi connectivity index (χ1) is 8.50. The molecule has 2 rings (SSSR count). The lowest BCUT2D eigenvalue weighted by Gasteiger charge is -2.26. The van der Waals surface area contributed by atoms with Crippen LogP contribution in [0.4, 0.5) is 0 Å².